The fourth-order valence-electron chi connectivity index (χ4n) is 1.50. The van der Waals surface area contributed by atoms with Crippen LogP contribution in [0, 0.1) is 12.8 Å². The van der Waals surface area contributed by atoms with E-state index in [1.54, 1.807) is 11.3 Å². The van der Waals surface area contributed by atoms with Gasteiger partial charge in [0.05, 0.1) is 0 Å². The van der Waals surface area contributed by atoms with Crippen molar-refractivity contribution in [3.8, 4) is 0 Å². The number of aryl methyl sites for hydroxylation is 1. The maximum absolute atomic E-state index is 11.7. The lowest BCUT2D eigenvalue weighted by molar-refractivity contribution is 0.0855. The lowest BCUT2D eigenvalue weighted by atomic mass is 9.80. The van der Waals surface area contributed by atoms with E-state index >= 15 is 0 Å². The van der Waals surface area contributed by atoms with Crippen molar-refractivity contribution in [3.05, 3.63) is 21.9 Å². The number of rotatable bonds is 2. The molecule has 12 heavy (non-hydrogen) atoms. The van der Waals surface area contributed by atoms with Crippen molar-refractivity contribution in [1.82, 2.24) is 0 Å². The molecular formula is C10H12OS. The van der Waals surface area contributed by atoms with E-state index in [1.165, 1.54) is 6.42 Å². The van der Waals surface area contributed by atoms with Crippen LogP contribution in [0.2, 0.25) is 0 Å². The molecule has 0 radical (unpaired) electrons. The third kappa shape index (κ3) is 1.20. The number of carbonyl (C=O) groups is 1. The van der Waals surface area contributed by atoms with Crippen LogP contribution in [0.3, 0.4) is 0 Å². The second-order valence-corrected chi connectivity index (χ2v) is 4.20. The Labute approximate surface area is 76.4 Å². The summed E-state index contributed by atoms with van der Waals surface area (Å²) in [4.78, 5) is 11.7. The summed E-state index contributed by atoms with van der Waals surface area (Å²) in [6.07, 6.45) is 3.45. The fourth-order valence-corrected chi connectivity index (χ4v) is 2.34. The first-order chi connectivity index (χ1) is 5.79. The molecule has 2 rings (SSSR count). The molecule has 1 heterocycles. The average Bonchev–Trinajstić information content (AvgIpc) is 2.31. The lowest BCUT2D eigenvalue weighted by Crippen LogP contribution is -2.21. The zero-order valence-corrected chi connectivity index (χ0v) is 7.99. The van der Waals surface area contributed by atoms with E-state index in [4.69, 9.17) is 0 Å². The second-order valence-electron chi connectivity index (χ2n) is 3.46. The van der Waals surface area contributed by atoms with Crippen molar-refractivity contribution in [3.63, 3.8) is 0 Å². The Kier molecular flexibility index (Phi) is 2.01. The number of thiophene rings is 1. The van der Waals surface area contributed by atoms with Crippen LogP contribution in [0.1, 0.15) is 35.2 Å². The van der Waals surface area contributed by atoms with Crippen molar-refractivity contribution in [2.24, 2.45) is 5.92 Å². The van der Waals surface area contributed by atoms with Gasteiger partial charge in [-0.3, -0.25) is 4.79 Å². The highest BCUT2D eigenvalue weighted by molar-refractivity contribution is 7.08. The van der Waals surface area contributed by atoms with Gasteiger partial charge in [-0.25, -0.2) is 0 Å². The zero-order valence-electron chi connectivity index (χ0n) is 7.17. The normalized spacial score (nSPS) is 17.4. The summed E-state index contributed by atoms with van der Waals surface area (Å²) >= 11 is 1.63. The van der Waals surface area contributed by atoms with Crippen LogP contribution in [0.15, 0.2) is 10.8 Å². The molecule has 0 saturated heterocycles. The maximum atomic E-state index is 11.7. The van der Waals surface area contributed by atoms with Crippen molar-refractivity contribution < 1.29 is 4.79 Å². The van der Waals surface area contributed by atoms with E-state index in [0.29, 0.717) is 11.7 Å². The third-order valence-electron chi connectivity index (χ3n) is 2.60. The average molecular weight is 180 g/mol. The second kappa shape index (κ2) is 3.02. The van der Waals surface area contributed by atoms with Gasteiger partial charge in [-0.15, -0.1) is 0 Å². The van der Waals surface area contributed by atoms with Gasteiger partial charge >= 0.3 is 0 Å². The highest BCUT2D eigenvalue weighted by Gasteiger charge is 2.27. The topological polar surface area (TPSA) is 17.1 Å². The standard InChI is InChI=1S/C10H12OS/c1-7-5-12-6-9(7)10(11)8-3-2-4-8/h5-6,8H,2-4H2,1H3. The Hall–Kier alpha value is -0.630. The number of hydrogen-bond acceptors (Lipinski definition) is 2. The summed E-state index contributed by atoms with van der Waals surface area (Å²) in [6.45, 7) is 2.02. The van der Waals surface area contributed by atoms with E-state index in [9.17, 15) is 4.79 Å². The molecule has 1 aromatic heterocycles. The summed E-state index contributed by atoms with van der Waals surface area (Å²) in [5.74, 6) is 0.721. The van der Waals surface area contributed by atoms with E-state index in [2.05, 4.69) is 0 Å². The van der Waals surface area contributed by atoms with Gasteiger partial charge in [-0.1, -0.05) is 6.42 Å². The van der Waals surface area contributed by atoms with E-state index in [0.717, 1.165) is 24.0 Å². The summed E-state index contributed by atoms with van der Waals surface area (Å²) in [5, 5.41) is 4.03. The van der Waals surface area contributed by atoms with Crippen LogP contribution in [0.4, 0.5) is 0 Å². The van der Waals surface area contributed by atoms with Crippen molar-refractivity contribution in [2.75, 3.05) is 0 Å². The van der Waals surface area contributed by atoms with Crippen LogP contribution < -0.4 is 0 Å². The molecule has 64 valence electrons. The Morgan fingerprint density at radius 1 is 1.50 bits per heavy atom. The molecule has 1 aliphatic carbocycles. The highest BCUT2D eigenvalue weighted by atomic mass is 32.1. The monoisotopic (exact) mass is 180 g/mol. The first-order valence-corrected chi connectivity index (χ1v) is 5.30. The van der Waals surface area contributed by atoms with E-state index in [1.807, 2.05) is 17.7 Å². The number of carbonyl (C=O) groups excluding carboxylic acids is 1. The fraction of sp³-hybridized carbons (Fsp3) is 0.500. The predicted octanol–water partition coefficient (Wildman–Crippen LogP) is 3.04. The van der Waals surface area contributed by atoms with Gasteiger partial charge in [-0.05, 0) is 30.7 Å². The summed E-state index contributed by atoms with van der Waals surface area (Å²) < 4.78 is 0. The van der Waals surface area contributed by atoms with E-state index < -0.39 is 0 Å². The summed E-state index contributed by atoms with van der Waals surface area (Å²) in [6, 6.07) is 0. The number of ketones is 1. The molecule has 1 aliphatic rings. The van der Waals surface area contributed by atoms with Crippen molar-refractivity contribution in [1.29, 1.82) is 0 Å². The summed E-state index contributed by atoms with van der Waals surface area (Å²) in [7, 11) is 0. The van der Waals surface area contributed by atoms with Gasteiger partial charge in [0.15, 0.2) is 5.78 Å². The Morgan fingerprint density at radius 2 is 2.25 bits per heavy atom. The van der Waals surface area contributed by atoms with Crippen LogP contribution in [0.5, 0.6) is 0 Å². The van der Waals surface area contributed by atoms with Gasteiger partial charge in [-0.2, -0.15) is 11.3 Å². The maximum Gasteiger partial charge on any atom is 0.167 e. The zero-order chi connectivity index (χ0) is 8.55. The molecule has 0 N–H and O–H groups in total. The van der Waals surface area contributed by atoms with Gasteiger partial charge in [0.2, 0.25) is 0 Å². The minimum atomic E-state index is 0.346. The Morgan fingerprint density at radius 3 is 2.67 bits per heavy atom. The molecule has 0 aromatic carbocycles. The number of Topliss-reactive ketones (excluding diaryl/α,β-unsaturated/α-hetero) is 1. The van der Waals surface area contributed by atoms with Crippen LogP contribution in [0.25, 0.3) is 0 Å². The Bertz CT molecular complexity index is 297. The SMILES string of the molecule is Cc1cscc1C(=O)C1CCC1. The van der Waals surface area contributed by atoms with Crippen LogP contribution >= 0.6 is 11.3 Å². The smallest absolute Gasteiger partial charge is 0.167 e. The van der Waals surface area contributed by atoms with E-state index in [-0.39, 0.29) is 0 Å². The molecule has 0 spiro atoms. The molecule has 1 saturated carbocycles. The lowest BCUT2D eigenvalue weighted by Gasteiger charge is -2.23. The molecule has 0 aliphatic heterocycles. The van der Waals surface area contributed by atoms with Crippen LogP contribution in [-0.4, -0.2) is 5.78 Å². The first kappa shape index (κ1) is 7.99. The quantitative estimate of drug-likeness (QED) is 0.639. The molecule has 1 nitrogen and oxygen atoms in total. The molecule has 0 atom stereocenters. The van der Waals surface area contributed by atoms with Gasteiger partial charge in [0, 0.05) is 16.9 Å². The third-order valence-corrected chi connectivity index (χ3v) is 3.46. The molecule has 0 amide bonds. The molecule has 1 aromatic rings. The van der Waals surface area contributed by atoms with Gasteiger partial charge < -0.3 is 0 Å². The molecule has 0 bridgehead atoms. The minimum absolute atomic E-state index is 0.346. The molecular weight excluding hydrogens is 168 g/mol. The minimum Gasteiger partial charge on any atom is -0.294 e. The van der Waals surface area contributed by atoms with Gasteiger partial charge in [0.25, 0.3) is 0 Å². The molecule has 1 fully saturated rings. The van der Waals surface area contributed by atoms with Crippen LogP contribution in [-0.2, 0) is 0 Å². The van der Waals surface area contributed by atoms with Crippen molar-refractivity contribution in [2.45, 2.75) is 26.2 Å². The Balaban J connectivity index is 2.19. The largest absolute Gasteiger partial charge is 0.294 e. The molecule has 2 heteroatoms. The van der Waals surface area contributed by atoms with Gasteiger partial charge in [0.1, 0.15) is 0 Å². The van der Waals surface area contributed by atoms with Crippen molar-refractivity contribution >= 4 is 17.1 Å². The molecule has 0 unspecified atom stereocenters. The first-order valence-electron chi connectivity index (χ1n) is 4.36. The summed E-state index contributed by atoms with van der Waals surface area (Å²) in [5.41, 5.74) is 2.11. The predicted molar refractivity (Wildman–Crippen MR) is 50.7 cm³/mol. The highest BCUT2D eigenvalue weighted by Crippen LogP contribution is 2.31. The number of hydrogen-bond donors (Lipinski definition) is 0.